The Morgan fingerprint density at radius 2 is 1.05 bits per heavy atom. The fourth-order valence-electron chi connectivity index (χ4n) is 2.68. The van der Waals surface area contributed by atoms with Crippen molar-refractivity contribution in [3.05, 3.63) is 70.8 Å². The topological polar surface area (TPSA) is 0 Å². The monoisotopic (exact) mass is 280 g/mol. The Kier molecular flexibility index (Phi) is 4.27. The fourth-order valence-corrected chi connectivity index (χ4v) is 2.68. The van der Waals surface area contributed by atoms with Gasteiger partial charge < -0.3 is 0 Å². The van der Waals surface area contributed by atoms with Gasteiger partial charge in [-0.25, -0.2) is 0 Å². The van der Waals surface area contributed by atoms with Crippen LogP contribution in [0.1, 0.15) is 63.3 Å². The fraction of sp³-hybridized carbons (Fsp3) is 0.429. The van der Waals surface area contributed by atoms with Crippen molar-refractivity contribution in [2.24, 2.45) is 0 Å². The van der Waals surface area contributed by atoms with E-state index in [2.05, 4.69) is 90.1 Å². The molecule has 0 unspecified atom stereocenters. The van der Waals surface area contributed by atoms with Gasteiger partial charge in [-0.15, -0.1) is 0 Å². The van der Waals surface area contributed by atoms with Crippen molar-refractivity contribution < 1.29 is 0 Å². The molecular weight excluding hydrogens is 252 g/mol. The average molecular weight is 280 g/mol. The molecule has 0 bridgehead atoms. The molecule has 0 spiro atoms. The van der Waals surface area contributed by atoms with Gasteiger partial charge in [0.15, 0.2) is 0 Å². The van der Waals surface area contributed by atoms with E-state index in [1.165, 1.54) is 22.3 Å². The zero-order valence-electron chi connectivity index (χ0n) is 14.3. The summed E-state index contributed by atoms with van der Waals surface area (Å²) in [6, 6.07) is 18.1. The summed E-state index contributed by atoms with van der Waals surface area (Å²) in [5.41, 5.74) is 5.79. The summed E-state index contributed by atoms with van der Waals surface area (Å²) in [6.07, 6.45) is 1.16. The minimum Gasteiger partial charge on any atom is -0.0646 e. The lowest BCUT2D eigenvalue weighted by atomic mass is 9.76. The van der Waals surface area contributed by atoms with Crippen molar-refractivity contribution in [3.63, 3.8) is 0 Å². The minimum atomic E-state index is 0.0442. The van der Waals surface area contributed by atoms with E-state index in [4.69, 9.17) is 0 Å². The van der Waals surface area contributed by atoms with Crippen LogP contribution in [-0.2, 0) is 10.8 Å². The van der Waals surface area contributed by atoms with Gasteiger partial charge in [0.1, 0.15) is 0 Å². The van der Waals surface area contributed by atoms with Gasteiger partial charge in [-0.2, -0.15) is 0 Å². The highest BCUT2D eigenvalue weighted by Crippen LogP contribution is 2.34. The van der Waals surface area contributed by atoms with Crippen LogP contribution in [0.4, 0.5) is 0 Å². The Balaban J connectivity index is 2.35. The molecule has 2 rings (SSSR count). The Hall–Kier alpha value is -1.56. The van der Waals surface area contributed by atoms with Gasteiger partial charge in [-0.05, 0) is 35.4 Å². The Morgan fingerprint density at radius 1 is 0.667 bits per heavy atom. The first-order valence-electron chi connectivity index (χ1n) is 7.95. The van der Waals surface area contributed by atoms with Gasteiger partial charge in [0.25, 0.3) is 0 Å². The van der Waals surface area contributed by atoms with Crippen LogP contribution in [0, 0.1) is 6.92 Å². The van der Waals surface area contributed by atoms with E-state index in [1.54, 1.807) is 0 Å². The lowest BCUT2D eigenvalue weighted by molar-refractivity contribution is 0.505. The smallest absolute Gasteiger partial charge is 0.0146 e. The molecular formula is C21H28. The van der Waals surface area contributed by atoms with Crippen molar-refractivity contribution in [2.75, 3.05) is 0 Å². The van der Waals surface area contributed by atoms with Crippen molar-refractivity contribution in [1.29, 1.82) is 0 Å². The first-order valence-corrected chi connectivity index (χ1v) is 7.95. The standard InChI is InChI=1S/C21H28/c1-7-20(3,4)17-12-14-19(15-13-17)21(5,6)18-10-8-16(2)9-11-18/h8-15H,7H2,1-6H3. The van der Waals surface area contributed by atoms with Gasteiger partial charge in [0.05, 0.1) is 0 Å². The van der Waals surface area contributed by atoms with Gasteiger partial charge in [-0.3, -0.25) is 0 Å². The van der Waals surface area contributed by atoms with Gasteiger partial charge in [0, 0.05) is 5.41 Å². The van der Waals surface area contributed by atoms with Gasteiger partial charge in [0.2, 0.25) is 0 Å². The maximum absolute atomic E-state index is 2.31. The second kappa shape index (κ2) is 5.67. The third-order valence-corrected chi connectivity index (χ3v) is 5.05. The molecule has 0 radical (unpaired) electrons. The molecule has 0 nitrogen and oxygen atoms in total. The van der Waals surface area contributed by atoms with Crippen molar-refractivity contribution >= 4 is 0 Å². The molecule has 0 fully saturated rings. The van der Waals surface area contributed by atoms with Crippen LogP contribution >= 0.6 is 0 Å². The Bertz CT molecular complexity index is 583. The Morgan fingerprint density at radius 3 is 1.48 bits per heavy atom. The number of hydrogen-bond donors (Lipinski definition) is 0. The van der Waals surface area contributed by atoms with E-state index in [0.29, 0.717) is 0 Å². The molecule has 112 valence electrons. The minimum absolute atomic E-state index is 0.0442. The van der Waals surface area contributed by atoms with E-state index >= 15 is 0 Å². The van der Waals surface area contributed by atoms with Crippen molar-refractivity contribution in [3.8, 4) is 0 Å². The van der Waals surface area contributed by atoms with Crippen molar-refractivity contribution in [2.45, 2.75) is 58.8 Å². The summed E-state index contributed by atoms with van der Waals surface area (Å²) < 4.78 is 0. The molecule has 0 aliphatic heterocycles. The van der Waals surface area contributed by atoms with E-state index < -0.39 is 0 Å². The molecule has 2 aromatic carbocycles. The summed E-state index contributed by atoms with van der Waals surface area (Å²) in [5, 5.41) is 0. The first-order chi connectivity index (χ1) is 9.77. The highest BCUT2D eigenvalue weighted by atomic mass is 14.3. The zero-order chi connectivity index (χ0) is 15.7. The Labute approximate surface area is 130 Å². The normalized spacial score (nSPS) is 12.5. The van der Waals surface area contributed by atoms with E-state index in [0.717, 1.165) is 6.42 Å². The molecule has 21 heavy (non-hydrogen) atoms. The molecule has 0 N–H and O–H groups in total. The summed E-state index contributed by atoms with van der Waals surface area (Å²) >= 11 is 0. The molecule has 0 saturated carbocycles. The highest BCUT2D eigenvalue weighted by molar-refractivity contribution is 5.40. The van der Waals surface area contributed by atoms with Crippen LogP contribution in [0.15, 0.2) is 48.5 Å². The first kappa shape index (κ1) is 15.8. The molecule has 0 saturated heterocycles. The molecule has 0 heteroatoms. The van der Waals surface area contributed by atoms with Gasteiger partial charge in [-0.1, -0.05) is 88.7 Å². The summed E-state index contributed by atoms with van der Waals surface area (Å²) in [7, 11) is 0. The predicted molar refractivity (Wildman–Crippen MR) is 93.1 cm³/mol. The maximum Gasteiger partial charge on any atom is 0.0146 e. The number of benzene rings is 2. The molecule has 0 aliphatic rings. The molecule has 0 aromatic heterocycles. The molecule has 0 aliphatic carbocycles. The SMILES string of the molecule is CCC(C)(C)c1ccc(C(C)(C)c2ccc(C)cc2)cc1. The zero-order valence-corrected chi connectivity index (χ0v) is 14.3. The summed E-state index contributed by atoms with van der Waals surface area (Å²) in [4.78, 5) is 0. The predicted octanol–water partition coefficient (Wildman–Crippen LogP) is 6.01. The number of rotatable bonds is 4. The summed E-state index contributed by atoms with van der Waals surface area (Å²) in [6.45, 7) is 13.6. The van der Waals surface area contributed by atoms with E-state index in [-0.39, 0.29) is 10.8 Å². The molecule has 2 aromatic rings. The van der Waals surface area contributed by atoms with Crippen LogP contribution in [0.5, 0.6) is 0 Å². The lowest BCUT2D eigenvalue weighted by Crippen LogP contribution is -2.20. The van der Waals surface area contributed by atoms with E-state index in [1.807, 2.05) is 0 Å². The highest BCUT2D eigenvalue weighted by Gasteiger charge is 2.24. The van der Waals surface area contributed by atoms with Crippen LogP contribution in [0.25, 0.3) is 0 Å². The number of hydrogen-bond acceptors (Lipinski definition) is 0. The summed E-state index contributed by atoms with van der Waals surface area (Å²) in [5.74, 6) is 0. The van der Waals surface area contributed by atoms with Gasteiger partial charge >= 0.3 is 0 Å². The van der Waals surface area contributed by atoms with Crippen LogP contribution in [0.3, 0.4) is 0 Å². The largest absolute Gasteiger partial charge is 0.0646 e. The third kappa shape index (κ3) is 3.20. The van der Waals surface area contributed by atoms with Crippen LogP contribution in [-0.4, -0.2) is 0 Å². The van der Waals surface area contributed by atoms with E-state index in [9.17, 15) is 0 Å². The molecule has 0 atom stereocenters. The molecule has 0 heterocycles. The molecule has 0 amide bonds. The maximum atomic E-state index is 2.31. The second-order valence-electron chi connectivity index (χ2n) is 7.31. The van der Waals surface area contributed by atoms with Crippen molar-refractivity contribution in [1.82, 2.24) is 0 Å². The van der Waals surface area contributed by atoms with Crippen LogP contribution < -0.4 is 0 Å². The third-order valence-electron chi connectivity index (χ3n) is 5.05. The van der Waals surface area contributed by atoms with Crippen LogP contribution in [0.2, 0.25) is 0 Å². The average Bonchev–Trinajstić information content (AvgIpc) is 2.48. The lowest BCUT2D eigenvalue weighted by Gasteiger charge is -2.28. The number of aryl methyl sites for hydroxylation is 1. The quantitative estimate of drug-likeness (QED) is 0.643. The second-order valence-corrected chi connectivity index (χ2v) is 7.31.